The third-order valence-corrected chi connectivity index (χ3v) is 5.32. The van der Waals surface area contributed by atoms with E-state index in [0.717, 1.165) is 21.4 Å². The number of nitrogens with two attached hydrogens (primary N) is 1. The number of carbonyl (C=O) groups excluding carboxylic acids is 1. The van der Waals surface area contributed by atoms with Crippen molar-refractivity contribution in [2.75, 3.05) is 26.5 Å². The van der Waals surface area contributed by atoms with E-state index in [9.17, 15) is 4.79 Å². The van der Waals surface area contributed by atoms with Gasteiger partial charge in [0, 0.05) is 34.8 Å². The van der Waals surface area contributed by atoms with Crippen LogP contribution in [0, 0.1) is 0 Å². The molecule has 0 aliphatic heterocycles. The van der Waals surface area contributed by atoms with Crippen molar-refractivity contribution in [2.45, 2.75) is 33.3 Å². The summed E-state index contributed by atoms with van der Waals surface area (Å²) < 4.78 is 16.3. The number of benzene rings is 1. The summed E-state index contributed by atoms with van der Waals surface area (Å²) in [6, 6.07) is 7.33. The van der Waals surface area contributed by atoms with Crippen LogP contribution >= 0.6 is 0 Å². The number of ether oxygens (including phenoxy) is 3. The van der Waals surface area contributed by atoms with Crippen molar-refractivity contribution in [1.29, 1.82) is 0 Å². The van der Waals surface area contributed by atoms with E-state index in [1.165, 1.54) is 6.20 Å². The van der Waals surface area contributed by atoms with Gasteiger partial charge in [0.1, 0.15) is 11.4 Å². The van der Waals surface area contributed by atoms with Gasteiger partial charge in [-0.1, -0.05) is 0 Å². The Morgan fingerprint density at radius 1 is 0.972 bits per heavy atom. The van der Waals surface area contributed by atoms with E-state index in [2.05, 4.69) is 15.0 Å². The minimum absolute atomic E-state index is 0.282. The van der Waals surface area contributed by atoms with Crippen LogP contribution in [0.3, 0.4) is 0 Å². The first-order chi connectivity index (χ1) is 17.1. The molecule has 0 aliphatic rings. The van der Waals surface area contributed by atoms with Crippen LogP contribution in [-0.2, 0) is 4.74 Å². The molecular weight excluding hydrogens is 462 g/mol. The van der Waals surface area contributed by atoms with Crippen molar-refractivity contribution in [2.24, 2.45) is 0 Å². The quantitative estimate of drug-likeness (QED) is 0.293. The first-order valence-corrected chi connectivity index (χ1v) is 11.4. The Balaban J connectivity index is 1.75. The minimum Gasteiger partial charge on any atom is -0.493 e. The molecular formula is C26H29N5O5. The van der Waals surface area contributed by atoms with E-state index < -0.39 is 11.7 Å². The second-order valence-electron chi connectivity index (χ2n) is 9.01. The van der Waals surface area contributed by atoms with Crippen molar-refractivity contribution in [3.8, 4) is 28.5 Å². The van der Waals surface area contributed by atoms with Crippen molar-refractivity contribution in [3.05, 3.63) is 42.9 Å². The number of carbonyl (C=O) groups is 1. The summed E-state index contributed by atoms with van der Waals surface area (Å²) in [6.45, 7) is 7.45. The molecule has 0 radical (unpaired) electrons. The Hall–Kier alpha value is -4.34. The van der Waals surface area contributed by atoms with Gasteiger partial charge in [0.25, 0.3) is 0 Å². The zero-order valence-corrected chi connectivity index (χ0v) is 21.2. The SMILES string of the molecule is CCN(Oc1cncc(-c2cc3c(cnc4cc(OC)c(OC)cc43)c(N)n2)c1)C(=O)OC(C)(C)C. The Bertz CT molecular complexity index is 1430. The van der Waals surface area contributed by atoms with Gasteiger partial charge in [0.15, 0.2) is 17.2 Å². The molecule has 0 bridgehead atoms. The average molecular weight is 492 g/mol. The molecule has 36 heavy (non-hydrogen) atoms. The smallest absolute Gasteiger partial charge is 0.443 e. The number of anilines is 1. The minimum atomic E-state index is -0.648. The van der Waals surface area contributed by atoms with Gasteiger partial charge in [0.05, 0.1) is 38.2 Å². The number of hydrogen-bond donors (Lipinski definition) is 1. The van der Waals surface area contributed by atoms with Crippen LogP contribution in [0.25, 0.3) is 32.9 Å². The lowest BCUT2D eigenvalue weighted by Gasteiger charge is -2.26. The van der Waals surface area contributed by atoms with Gasteiger partial charge in [-0.2, -0.15) is 0 Å². The van der Waals surface area contributed by atoms with Crippen LogP contribution in [0.4, 0.5) is 10.6 Å². The Labute approximate surface area is 208 Å². The first kappa shape index (κ1) is 24.8. The third-order valence-electron chi connectivity index (χ3n) is 5.32. The molecule has 1 amide bonds. The monoisotopic (exact) mass is 491 g/mol. The molecule has 0 aliphatic carbocycles. The molecule has 0 fully saturated rings. The number of methoxy groups -OCH3 is 2. The highest BCUT2D eigenvalue weighted by atomic mass is 16.7. The van der Waals surface area contributed by atoms with E-state index in [4.69, 9.17) is 24.8 Å². The molecule has 4 rings (SSSR count). The molecule has 10 nitrogen and oxygen atoms in total. The highest BCUT2D eigenvalue weighted by Crippen LogP contribution is 2.37. The molecule has 0 saturated heterocycles. The molecule has 0 atom stereocenters. The molecule has 0 spiro atoms. The highest BCUT2D eigenvalue weighted by molar-refractivity contribution is 6.10. The topological polar surface area (TPSA) is 122 Å². The Kier molecular flexibility index (Phi) is 6.69. The number of nitrogen functional groups attached to an aromatic ring is 1. The van der Waals surface area contributed by atoms with Crippen molar-refractivity contribution >= 4 is 33.6 Å². The van der Waals surface area contributed by atoms with Gasteiger partial charge < -0.3 is 24.8 Å². The number of fused-ring (bicyclic) bond motifs is 3. The maximum atomic E-state index is 12.5. The van der Waals surface area contributed by atoms with E-state index in [1.807, 2.05) is 18.2 Å². The van der Waals surface area contributed by atoms with Crippen LogP contribution in [0.5, 0.6) is 17.2 Å². The number of pyridine rings is 3. The molecule has 1 aromatic carbocycles. The maximum absolute atomic E-state index is 12.5. The standard InChI is InChI=1S/C26H29N5O5/c1-7-31(25(32)35-26(2,3)4)36-16-8-15(12-28-13-16)20-9-17-18-10-22(33-5)23(34-6)11-21(18)29-14-19(17)24(27)30-20/h8-14H,7H2,1-6H3,(H2,27,30). The van der Waals surface area contributed by atoms with Crippen LogP contribution in [0.15, 0.2) is 42.9 Å². The predicted molar refractivity (Wildman–Crippen MR) is 137 cm³/mol. The van der Waals surface area contributed by atoms with E-state index in [1.54, 1.807) is 60.4 Å². The summed E-state index contributed by atoms with van der Waals surface area (Å²) in [5.74, 6) is 1.84. The lowest BCUT2D eigenvalue weighted by molar-refractivity contribution is -0.0695. The predicted octanol–water partition coefficient (Wildman–Crippen LogP) is 5.00. The summed E-state index contributed by atoms with van der Waals surface area (Å²) in [5, 5.41) is 3.52. The van der Waals surface area contributed by atoms with E-state index in [0.29, 0.717) is 39.7 Å². The molecule has 3 aromatic heterocycles. The van der Waals surface area contributed by atoms with Gasteiger partial charge in [-0.15, -0.1) is 5.06 Å². The molecule has 3 heterocycles. The molecule has 0 unspecified atom stereocenters. The zero-order valence-electron chi connectivity index (χ0n) is 21.2. The Morgan fingerprint density at radius 3 is 2.36 bits per heavy atom. The number of rotatable bonds is 6. The number of amides is 1. The summed E-state index contributed by atoms with van der Waals surface area (Å²) in [4.78, 5) is 31.6. The molecule has 2 N–H and O–H groups in total. The molecule has 188 valence electrons. The lowest BCUT2D eigenvalue weighted by atomic mass is 10.0. The maximum Gasteiger partial charge on any atom is 0.443 e. The largest absolute Gasteiger partial charge is 0.493 e. The molecule has 10 heteroatoms. The van der Waals surface area contributed by atoms with Gasteiger partial charge in [-0.05, 0) is 51.3 Å². The van der Waals surface area contributed by atoms with Gasteiger partial charge in [-0.25, -0.2) is 9.78 Å². The average Bonchev–Trinajstić information content (AvgIpc) is 2.85. The normalized spacial score (nSPS) is 11.4. The van der Waals surface area contributed by atoms with Crippen molar-refractivity contribution in [3.63, 3.8) is 0 Å². The number of hydrogen-bond acceptors (Lipinski definition) is 9. The summed E-state index contributed by atoms with van der Waals surface area (Å²) in [6.07, 6.45) is 4.26. The van der Waals surface area contributed by atoms with Crippen LogP contribution < -0.4 is 20.0 Å². The van der Waals surface area contributed by atoms with Crippen LogP contribution in [0.2, 0.25) is 0 Å². The Morgan fingerprint density at radius 2 is 1.69 bits per heavy atom. The fourth-order valence-electron chi connectivity index (χ4n) is 3.69. The lowest BCUT2D eigenvalue weighted by Crippen LogP contribution is -2.38. The third kappa shape index (κ3) is 5.02. The van der Waals surface area contributed by atoms with Gasteiger partial charge in [-0.3, -0.25) is 9.97 Å². The van der Waals surface area contributed by atoms with Crippen molar-refractivity contribution < 1.29 is 23.8 Å². The molecule has 0 saturated carbocycles. The van der Waals surface area contributed by atoms with Crippen LogP contribution in [0.1, 0.15) is 27.7 Å². The van der Waals surface area contributed by atoms with Crippen molar-refractivity contribution in [1.82, 2.24) is 20.0 Å². The highest BCUT2D eigenvalue weighted by Gasteiger charge is 2.23. The number of hydroxylamine groups is 2. The second-order valence-corrected chi connectivity index (χ2v) is 9.01. The fourth-order valence-corrected chi connectivity index (χ4v) is 3.69. The molecule has 4 aromatic rings. The number of nitrogens with zero attached hydrogens (tertiary/aromatic N) is 4. The summed E-state index contributed by atoms with van der Waals surface area (Å²) >= 11 is 0. The summed E-state index contributed by atoms with van der Waals surface area (Å²) in [7, 11) is 3.16. The second kappa shape index (κ2) is 9.73. The van der Waals surface area contributed by atoms with Crippen LogP contribution in [-0.4, -0.2) is 52.5 Å². The van der Waals surface area contributed by atoms with E-state index >= 15 is 0 Å². The zero-order chi connectivity index (χ0) is 26.0. The summed E-state index contributed by atoms with van der Waals surface area (Å²) in [5.41, 5.74) is 7.64. The van der Waals surface area contributed by atoms with E-state index in [-0.39, 0.29) is 6.54 Å². The number of aromatic nitrogens is 3. The van der Waals surface area contributed by atoms with Gasteiger partial charge >= 0.3 is 6.09 Å². The van der Waals surface area contributed by atoms with Gasteiger partial charge in [0.2, 0.25) is 0 Å². The first-order valence-electron chi connectivity index (χ1n) is 11.4. The fraction of sp³-hybridized carbons (Fsp3) is 0.308.